The molecule has 8 aromatic heterocycles. The molecule has 13 rings (SSSR count). The number of rotatable bonds is 13. The van der Waals surface area contributed by atoms with Gasteiger partial charge in [0.2, 0.25) is 11.9 Å². The highest BCUT2D eigenvalue weighted by Crippen LogP contribution is 2.37. The molecule has 0 saturated carbocycles. The molecule has 1 unspecified atom stereocenters. The van der Waals surface area contributed by atoms with Crippen molar-refractivity contribution in [1.29, 1.82) is 0 Å². The van der Waals surface area contributed by atoms with Gasteiger partial charge in [-0.2, -0.15) is 10.2 Å². The molecular formula is C65H72N16O7. The minimum Gasteiger partial charge on any atom is -0.445 e. The zero-order chi connectivity index (χ0) is 61.0. The van der Waals surface area contributed by atoms with Gasteiger partial charge in [0, 0.05) is 67.0 Å². The van der Waals surface area contributed by atoms with E-state index < -0.39 is 0 Å². The van der Waals surface area contributed by atoms with Crippen molar-refractivity contribution in [2.75, 3.05) is 30.3 Å². The Hall–Kier alpha value is -9.64. The van der Waals surface area contributed by atoms with Crippen LogP contribution in [0, 0.1) is 41.5 Å². The molecule has 23 heteroatoms. The quantitative estimate of drug-likeness (QED) is 0.0968. The lowest BCUT2D eigenvalue weighted by Crippen LogP contribution is -2.50. The minimum absolute atomic E-state index is 0.0104. The first-order chi connectivity index (χ1) is 42.7. The van der Waals surface area contributed by atoms with Crippen LogP contribution in [0.5, 0.6) is 0 Å². The normalized spacial score (nSPS) is 18.7. The maximum atomic E-state index is 13.1. The van der Waals surface area contributed by atoms with Crippen LogP contribution in [0.1, 0.15) is 110 Å². The number of pyridine rings is 2. The lowest BCUT2D eigenvalue weighted by Gasteiger charge is -2.37. The molecule has 10 aromatic rings. The maximum absolute atomic E-state index is 13.1. The first kappa shape index (κ1) is 58.7. The van der Waals surface area contributed by atoms with Crippen LogP contribution in [0.4, 0.5) is 21.5 Å². The molecule has 3 aliphatic heterocycles. The number of carbonyl (C=O) groups is 2. The number of hydrogen-bond donors (Lipinski definition) is 3. The van der Waals surface area contributed by atoms with E-state index >= 15 is 0 Å². The van der Waals surface area contributed by atoms with Crippen molar-refractivity contribution in [2.24, 2.45) is 0 Å². The monoisotopic (exact) mass is 1190 g/mol. The van der Waals surface area contributed by atoms with E-state index in [1.165, 1.54) is 0 Å². The number of amides is 2. The second kappa shape index (κ2) is 25.7. The van der Waals surface area contributed by atoms with E-state index in [4.69, 9.17) is 48.3 Å². The third-order valence-electron chi connectivity index (χ3n) is 16.7. The molecular weight excluding hydrogens is 1120 g/mol. The van der Waals surface area contributed by atoms with E-state index in [2.05, 4.69) is 55.0 Å². The fraction of sp³-hybridized carbons (Fsp3) is 0.385. The summed E-state index contributed by atoms with van der Waals surface area (Å²) in [6.07, 6.45) is 9.15. The second-order valence-corrected chi connectivity index (χ2v) is 23.1. The van der Waals surface area contributed by atoms with E-state index in [0.717, 1.165) is 146 Å². The van der Waals surface area contributed by atoms with Crippen LogP contribution in [-0.4, -0.2) is 126 Å². The second-order valence-electron chi connectivity index (χ2n) is 23.1. The number of hydrogen-bond acceptors (Lipinski definition) is 19. The van der Waals surface area contributed by atoms with Gasteiger partial charge in [-0.3, -0.25) is 5.10 Å². The van der Waals surface area contributed by atoms with Crippen LogP contribution >= 0.6 is 0 Å². The van der Waals surface area contributed by atoms with Crippen molar-refractivity contribution in [3.05, 3.63) is 142 Å². The van der Waals surface area contributed by atoms with Crippen molar-refractivity contribution in [2.45, 2.75) is 144 Å². The summed E-state index contributed by atoms with van der Waals surface area (Å²) in [7, 11) is 0. The number of H-pyrrole nitrogens is 1. The number of piperidine rings is 2. The molecule has 5 atom stereocenters. The van der Waals surface area contributed by atoms with E-state index in [1.54, 1.807) is 16.0 Å². The van der Waals surface area contributed by atoms with Crippen LogP contribution in [-0.2, 0) is 27.4 Å². The first-order valence-corrected chi connectivity index (χ1v) is 30.1. The maximum Gasteiger partial charge on any atom is 0.410 e. The molecule has 0 radical (unpaired) electrons. The SMILES string of the molecule is Cc1cnc(N[C@@H]2CC[C@@H](C)N(C(=O)OCc3ccccc3)C2)nc1-c1[nH]nc2nc(-c3c(C)noc3C)ccc12.Cc1cnc(N[C@@H]2CC[C@@H](C)N(C(=O)OCc3ccccc3)C2)nc1-c1nn(C2CCCCO2)c2nc(-c3c(C)noc3C)ccc12. The van der Waals surface area contributed by atoms with Gasteiger partial charge in [0.15, 0.2) is 17.5 Å². The predicted octanol–water partition coefficient (Wildman–Crippen LogP) is 12.4. The van der Waals surface area contributed by atoms with E-state index in [9.17, 15) is 9.59 Å². The summed E-state index contributed by atoms with van der Waals surface area (Å²) < 4.78 is 30.1. The Kier molecular flexibility index (Phi) is 17.2. The molecule has 2 aromatic carbocycles. The number of benzene rings is 2. The lowest BCUT2D eigenvalue weighted by molar-refractivity contribution is -0.0368. The Morgan fingerprint density at radius 3 is 1.67 bits per heavy atom. The van der Waals surface area contributed by atoms with Gasteiger partial charge in [-0.25, -0.2) is 44.2 Å². The van der Waals surface area contributed by atoms with Crippen LogP contribution < -0.4 is 10.6 Å². The number of aryl methyl sites for hydroxylation is 6. The summed E-state index contributed by atoms with van der Waals surface area (Å²) in [5, 5.41) is 29.5. The van der Waals surface area contributed by atoms with Crippen LogP contribution in [0.2, 0.25) is 0 Å². The number of aromatic amines is 1. The van der Waals surface area contributed by atoms with Gasteiger partial charge in [0.25, 0.3) is 0 Å². The van der Waals surface area contributed by atoms with Gasteiger partial charge < -0.3 is 43.7 Å². The topological polar surface area (TPSA) is 268 Å². The van der Waals surface area contributed by atoms with Crippen molar-refractivity contribution in [3.8, 4) is 45.3 Å². The zero-order valence-corrected chi connectivity index (χ0v) is 50.8. The minimum atomic E-state index is -0.316. The molecule has 11 heterocycles. The average Bonchev–Trinajstić information content (AvgIpc) is 2.80. The van der Waals surface area contributed by atoms with Crippen LogP contribution in [0.25, 0.3) is 67.4 Å². The summed E-state index contributed by atoms with van der Waals surface area (Å²) in [6.45, 7) is 17.8. The Morgan fingerprint density at radius 1 is 0.602 bits per heavy atom. The molecule has 3 aliphatic rings. The zero-order valence-electron chi connectivity index (χ0n) is 50.8. The molecule has 454 valence electrons. The summed E-state index contributed by atoms with van der Waals surface area (Å²) in [4.78, 5) is 58.4. The molecule has 3 N–H and O–H groups in total. The van der Waals surface area contributed by atoms with Crippen molar-refractivity contribution in [3.63, 3.8) is 0 Å². The molecule has 0 aliphatic carbocycles. The van der Waals surface area contributed by atoms with Gasteiger partial charge in [0.1, 0.15) is 30.4 Å². The number of anilines is 2. The fourth-order valence-corrected chi connectivity index (χ4v) is 11.8. The number of ether oxygens (including phenoxy) is 3. The number of likely N-dealkylation sites (tertiary alicyclic amines) is 2. The van der Waals surface area contributed by atoms with E-state index in [-0.39, 0.29) is 55.8 Å². The van der Waals surface area contributed by atoms with Gasteiger partial charge >= 0.3 is 12.2 Å². The smallest absolute Gasteiger partial charge is 0.410 e. The molecule has 3 saturated heterocycles. The Labute approximate surface area is 509 Å². The highest BCUT2D eigenvalue weighted by atomic mass is 16.6. The average molecular weight is 1190 g/mol. The van der Waals surface area contributed by atoms with Crippen molar-refractivity contribution in [1.82, 2.24) is 70.0 Å². The number of nitrogens with one attached hydrogen (secondary N) is 3. The van der Waals surface area contributed by atoms with Gasteiger partial charge in [0.05, 0.1) is 51.0 Å². The number of carbonyl (C=O) groups excluding carboxylic acids is 2. The Balaban J connectivity index is 0.000000173. The van der Waals surface area contributed by atoms with Crippen molar-refractivity contribution < 1.29 is 32.8 Å². The summed E-state index contributed by atoms with van der Waals surface area (Å²) in [5.74, 6) is 2.41. The first-order valence-electron chi connectivity index (χ1n) is 30.1. The van der Waals surface area contributed by atoms with Gasteiger partial charge in [-0.15, -0.1) is 0 Å². The highest BCUT2D eigenvalue weighted by molar-refractivity contribution is 5.93. The predicted molar refractivity (Wildman–Crippen MR) is 331 cm³/mol. The van der Waals surface area contributed by atoms with Crippen LogP contribution in [0.15, 0.2) is 106 Å². The number of aromatic nitrogens is 12. The molecule has 3 fully saturated rings. The molecule has 23 nitrogen and oxygen atoms in total. The van der Waals surface area contributed by atoms with E-state index in [0.29, 0.717) is 43.0 Å². The summed E-state index contributed by atoms with van der Waals surface area (Å²) in [6, 6.07) is 27.5. The largest absolute Gasteiger partial charge is 0.445 e. The molecule has 0 spiro atoms. The molecule has 0 bridgehead atoms. The van der Waals surface area contributed by atoms with Crippen LogP contribution in [0.3, 0.4) is 0 Å². The van der Waals surface area contributed by atoms with Crippen molar-refractivity contribution >= 4 is 46.1 Å². The summed E-state index contributed by atoms with van der Waals surface area (Å²) >= 11 is 0. The number of nitrogens with zero attached hydrogens (tertiary/aromatic N) is 13. The lowest BCUT2D eigenvalue weighted by atomic mass is 10.00. The van der Waals surface area contributed by atoms with Gasteiger partial charge in [-0.05, 0) is 147 Å². The van der Waals surface area contributed by atoms with E-state index in [1.807, 2.05) is 137 Å². The third-order valence-corrected chi connectivity index (χ3v) is 16.7. The standard InChI is InChI=1S/C35H40N8O4.C30H32N8O3/c1-21-18-36-34(37-26-14-13-22(2)42(19-26)35(44)46-20-25-10-6-5-7-11-25)39-31(21)32-27-15-16-28(30-23(3)41-47-24(30)4)38-33(27)43(40-32)29-12-8-9-17-45-29;1-17-14-31-29(32-22-11-10-18(2)38(15-22)30(39)40-16-21-8-6-5-7-9-21)34-26(17)27-23-12-13-24(33-28(23)36-35-27)25-19(3)37-41-20(25)4/h5-7,10-11,15-16,18,22,26,29H,8-9,12-14,17,19-20H2,1-4H3,(H,36,37,39);5-9,12-14,18,22H,10-11,15-16H2,1-4H3,(H,31,32,34)(H,33,35,36)/t22-,26-,29?;18-,22-/m11/s1. The number of fused-ring (bicyclic) bond motifs is 2. The Morgan fingerprint density at radius 2 is 1.14 bits per heavy atom. The highest BCUT2D eigenvalue weighted by Gasteiger charge is 2.33. The molecule has 2 amide bonds. The fourth-order valence-electron chi connectivity index (χ4n) is 11.8. The molecule has 88 heavy (non-hydrogen) atoms. The summed E-state index contributed by atoms with van der Waals surface area (Å²) in [5.41, 5.74) is 12.8. The third kappa shape index (κ3) is 12.6. The Bertz CT molecular complexity index is 4060. The van der Waals surface area contributed by atoms with Gasteiger partial charge in [-0.1, -0.05) is 71.0 Å².